The molecule has 2 aliphatic rings. The Morgan fingerprint density at radius 2 is 1.97 bits per heavy atom. The normalized spacial score (nSPS) is 21.0. The Morgan fingerprint density at radius 3 is 2.61 bits per heavy atom. The van der Waals surface area contributed by atoms with Crippen molar-refractivity contribution < 1.29 is 4.79 Å². The zero-order valence-corrected chi connectivity index (χ0v) is 18.8. The third-order valence-electron chi connectivity index (χ3n) is 6.04. The maximum absolute atomic E-state index is 12.7. The monoisotopic (exact) mass is 436 g/mol. The maximum Gasteiger partial charge on any atom is 0.198 e. The van der Waals surface area contributed by atoms with E-state index in [1.54, 1.807) is 11.0 Å². The van der Waals surface area contributed by atoms with Crippen LogP contribution in [0.1, 0.15) is 61.0 Å². The molecule has 4 rings (SSSR count). The number of carbonyl (C=O) groups excluding carboxylic acids is 1. The molecule has 1 aliphatic heterocycles. The van der Waals surface area contributed by atoms with Crippen LogP contribution >= 0.6 is 11.6 Å². The van der Waals surface area contributed by atoms with Crippen molar-refractivity contribution in [2.75, 3.05) is 0 Å². The number of ketones is 1. The predicted molar refractivity (Wildman–Crippen MR) is 126 cm³/mol. The van der Waals surface area contributed by atoms with Crippen molar-refractivity contribution in [3.05, 3.63) is 70.2 Å². The minimum Gasteiger partial charge on any atom is -0.369 e. The third-order valence-corrected chi connectivity index (χ3v) is 6.37. The SMILES string of the molecule is CC(C)CC1(c2ccccc2)N=C(N)N(Cc2ccc(Cl)c(C(=O)CC3CC3)c2)C1=N. The Balaban J connectivity index is 1.62. The van der Waals surface area contributed by atoms with Gasteiger partial charge in [0.2, 0.25) is 0 Å². The number of benzene rings is 2. The maximum atomic E-state index is 12.7. The summed E-state index contributed by atoms with van der Waals surface area (Å²) < 4.78 is 0. The van der Waals surface area contributed by atoms with Crippen LogP contribution in [0.3, 0.4) is 0 Å². The summed E-state index contributed by atoms with van der Waals surface area (Å²) in [7, 11) is 0. The average Bonchev–Trinajstić information content (AvgIpc) is 3.52. The molecule has 1 saturated carbocycles. The molecule has 162 valence electrons. The summed E-state index contributed by atoms with van der Waals surface area (Å²) in [5.41, 5.74) is 7.97. The van der Waals surface area contributed by atoms with E-state index in [9.17, 15) is 4.79 Å². The van der Waals surface area contributed by atoms with Gasteiger partial charge in [-0.15, -0.1) is 0 Å². The van der Waals surface area contributed by atoms with Crippen molar-refractivity contribution in [1.29, 1.82) is 5.41 Å². The second-order valence-corrected chi connectivity index (χ2v) is 9.52. The number of amidine groups is 1. The molecule has 0 bridgehead atoms. The van der Waals surface area contributed by atoms with Gasteiger partial charge in [0.1, 0.15) is 11.4 Å². The fourth-order valence-corrected chi connectivity index (χ4v) is 4.56. The minimum absolute atomic E-state index is 0.0888. The highest BCUT2D eigenvalue weighted by atomic mass is 35.5. The molecule has 1 heterocycles. The number of hydrogen-bond donors (Lipinski definition) is 2. The van der Waals surface area contributed by atoms with Gasteiger partial charge >= 0.3 is 0 Å². The molecule has 2 aromatic rings. The van der Waals surface area contributed by atoms with Gasteiger partial charge in [-0.2, -0.15) is 0 Å². The molecule has 0 saturated heterocycles. The third kappa shape index (κ3) is 4.38. The fourth-order valence-electron chi connectivity index (χ4n) is 4.33. The van der Waals surface area contributed by atoms with E-state index in [0.29, 0.717) is 53.6 Å². The van der Waals surface area contributed by atoms with Crippen LogP contribution in [-0.4, -0.2) is 22.5 Å². The van der Waals surface area contributed by atoms with Crippen molar-refractivity contribution in [1.82, 2.24) is 4.90 Å². The van der Waals surface area contributed by atoms with Crippen LogP contribution in [0.25, 0.3) is 0 Å². The highest BCUT2D eigenvalue weighted by Gasteiger charge is 2.46. The van der Waals surface area contributed by atoms with E-state index in [-0.39, 0.29) is 5.78 Å². The van der Waals surface area contributed by atoms with Gasteiger partial charge in [-0.25, -0.2) is 4.99 Å². The van der Waals surface area contributed by atoms with E-state index in [1.807, 2.05) is 42.5 Å². The molecule has 0 amide bonds. The first-order valence-electron chi connectivity index (χ1n) is 10.9. The number of guanidine groups is 1. The predicted octanol–water partition coefficient (Wildman–Crippen LogP) is 5.37. The van der Waals surface area contributed by atoms with Crippen LogP contribution in [-0.2, 0) is 12.1 Å². The Morgan fingerprint density at radius 1 is 1.26 bits per heavy atom. The number of nitrogens with two attached hydrogens (primary N) is 1. The molecule has 0 radical (unpaired) electrons. The van der Waals surface area contributed by atoms with Crippen molar-refractivity contribution in [2.45, 2.75) is 51.6 Å². The number of Topliss-reactive ketones (excluding diaryl/α,β-unsaturated/α-hetero) is 1. The van der Waals surface area contributed by atoms with Gasteiger partial charge in [0, 0.05) is 12.0 Å². The molecule has 2 aromatic carbocycles. The smallest absolute Gasteiger partial charge is 0.198 e. The van der Waals surface area contributed by atoms with Gasteiger partial charge in [-0.3, -0.25) is 15.1 Å². The molecular weight excluding hydrogens is 408 g/mol. The van der Waals surface area contributed by atoms with Crippen molar-refractivity contribution in [2.24, 2.45) is 22.6 Å². The van der Waals surface area contributed by atoms with Gasteiger partial charge in [-0.05, 0) is 54.4 Å². The van der Waals surface area contributed by atoms with Crippen molar-refractivity contribution in [3.8, 4) is 0 Å². The Labute approximate surface area is 188 Å². The summed E-state index contributed by atoms with van der Waals surface area (Å²) in [6.45, 7) is 4.63. The van der Waals surface area contributed by atoms with Gasteiger partial charge in [-0.1, -0.05) is 61.8 Å². The summed E-state index contributed by atoms with van der Waals surface area (Å²) in [4.78, 5) is 19.2. The Bertz CT molecular complexity index is 1030. The zero-order valence-electron chi connectivity index (χ0n) is 18.1. The molecule has 1 fully saturated rings. The van der Waals surface area contributed by atoms with Crippen LogP contribution < -0.4 is 5.73 Å². The summed E-state index contributed by atoms with van der Waals surface area (Å²) in [6.07, 6.45) is 3.49. The van der Waals surface area contributed by atoms with E-state index in [1.165, 1.54) is 0 Å². The first kappa shape index (κ1) is 21.6. The number of nitrogens with one attached hydrogen (secondary N) is 1. The van der Waals surface area contributed by atoms with Crippen molar-refractivity contribution in [3.63, 3.8) is 0 Å². The Kier molecular flexibility index (Phi) is 5.89. The molecule has 31 heavy (non-hydrogen) atoms. The van der Waals surface area contributed by atoms with E-state index in [2.05, 4.69) is 13.8 Å². The minimum atomic E-state index is -0.795. The average molecular weight is 437 g/mol. The number of hydrogen-bond acceptors (Lipinski definition) is 4. The molecule has 0 spiro atoms. The lowest BCUT2D eigenvalue weighted by molar-refractivity contribution is 0.0976. The van der Waals surface area contributed by atoms with Crippen LogP contribution in [0.4, 0.5) is 0 Å². The van der Waals surface area contributed by atoms with E-state index >= 15 is 0 Å². The van der Waals surface area contributed by atoms with E-state index < -0.39 is 5.54 Å². The van der Waals surface area contributed by atoms with Crippen LogP contribution in [0.2, 0.25) is 5.02 Å². The number of carbonyl (C=O) groups is 1. The highest BCUT2D eigenvalue weighted by molar-refractivity contribution is 6.34. The Hall–Kier alpha value is -2.66. The number of nitrogens with zero attached hydrogens (tertiary/aromatic N) is 2. The van der Waals surface area contributed by atoms with Gasteiger partial charge < -0.3 is 5.73 Å². The lowest BCUT2D eigenvalue weighted by Crippen LogP contribution is -2.42. The standard InChI is InChI=1S/C25H29ClN4O/c1-16(2)14-25(19-6-4-3-5-7-19)23(27)30(24(28)29-25)15-18-10-11-21(26)20(12-18)22(31)13-17-8-9-17/h3-7,10-12,16-17,27H,8-9,13-15H2,1-2H3,(H2,28,29). The summed E-state index contributed by atoms with van der Waals surface area (Å²) in [6, 6.07) is 15.4. The molecule has 5 nitrogen and oxygen atoms in total. The van der Waals surface area contributed by atoms with Crippen LogP contribution in [0.5, 0.6) is 0 Å². The second kappa shape index (κ2) is 8.46. The molecule has 1 unspecified atom stereocenters. The quantitative estimate of drug-likeness (QED) is 0.545. The molecular formula is C25H29ClN4O. The lowest BCUT2D eigenvalue weighted by Gasteiger charge is -2.30. The van der Waals surface area contributed by atoms with Crippen molar-refractivity contribution >= 4 is 29.2 Å². The molecule has 1 atom stereocenters. The number of aliphatic imine (C=N–C) groups is 1. The zero-order chi connectivity index (χ0) is 22.2. The molecule has 0 aromatic heterocycles. The highest BCUT2D eigenvalue weighted by Crippen LogP contribution is 2.39. The van der Waals surface area contributed by atoms with Crippen LogP contribution in [0.15, 0.2) is 53.5 Å². The van der Waals surface area contributed by atoms with Crippen LogP contribution in [0, 0.1) is 17.2 Å². The summed E-state index contributed by atoms with van der Waals surface area (Å²) in [5, 5.41) is 9.52. The summed E-state index contributed by atoms with van der Waals surface area (Å²) in [5.74, 6) is 1.62. The fraction of sp³-hybridized carbons (Fsp3) is 0.400. The molecule has 3 N–H and O–H groups in total. The van der Waals surface area contributed by atoms with Gasteiger partial charge in [0.25, 0.3) is 0 Å². The molecule has 1 aliphatic carbocycles. The molecule has 6 heteroatoms. The van der Waals surface area contributed by atoms with E-state index in [4.69, 9.17) is 27.7 Å². The van der Waals surface area contributed by atoms with E-state index in [0.717, 1.165) is 24.0 Å². The second-order valence-electron chi connectivity index (χ2n) is 9.11. The number of halogens is 1. The first-order valence-corrected chi connectivity index (χ1v) is 11.3. The van der Waals surface area contributed by atoms with Gasteiger partial charge in [0.05, 0.1) is 11.6 Å². The van der Waals surface area contributed by atoms with Gasteiger partial charge in [0.15, 0.2) is 11.7 Å². The summed E-state index contributed by atoms with van der Waals surface area (Å²) >= 11 is 6.33. The largest absolute Gasteiger partial charge is 0.369 e. The topological polar surface area (TPSA) is 82.5 Å². The lowest BCUT2D eigenvalue weighted by atomic mass is 9.82. The number of rotatable bonds is 8. The first-order chi connectivity index (χ1) is 14.8.